The molecule has 0 aliphatic rings. The minimum atomic E-state index is 0.478. The molecule has 0 saturated carbocycles. The van der Waals surface area contributed by atoms with Crippen LogP contribution in [-0.4, -0.2) is 15.0 Å². The molecule has 0 aliphatic carbocycles. The van der Waals surface area contributed by atoms with Gasteiger partial charge >= 0.3 is 0 Å². The van der Waals surface area contributed by atoms with Gasteiger partial charge in [-0.2, -0.15) is 4.98 Å². The van der Waals surface area contributed by atoms with Crippen molar-refractivity contribution in [1.82, 2.24) is 15.0 Å². The number of aromatic nitrogens is 3. The summed E-state index contributed by atoms with van der Waals surface area (Å²) >= 11 is 0. The number of hydrogen-bond donors (Lipinski definition) is 2. The second-order valence-electron chi connectivity index (χ2n) is 6.69. The van der Waals surface area contributed by atoms with Gasteiger partial charge in [0.15, 0.2) is 0 Å². The van der Waals surface area contributed by atoms with E-state index in [-0.39, 0.29) is 0 Å². The Hall–Kier alpha value is -3.93. The van der Waals surface area contributed by atoms with Crippen LogP contribution in [0.15, 0.2) is 91.3 Å². The third kappa shape index (κ3) is 5.07. The van der Waals surface area contributed by atoms with E-state index < -0.39 is 0 Å². The molecule has 0 spiro atoms. The fourth-order valence-corrected chi connectivity index (χ4v) is 3.05. The zero-order chi connectivity index (χ0) is 19.9. The van der Waals surface area contributed by atoms with Gasteiger partial charge in [0.2, 0.25) is 11.9 Å². The van der Waals surface area contributed by atoms with Crippen molar-refractivity contribution in [3.63, 3.8) is 0 Å². The normalized spacial score (nSPS) is 10.5. The molecule has 0 amide bonds. The van der Waals surface area contributed by atoms with Crippen LogP contribution in [0, 0.1) is 0 Å². The molecular formula is C23H22N6. The lowest BCUT2D eigenvalue weighted by atomic mass is 10.2. The van der Waals surface area contributed by atoms with Crippen LogP contribution in [0.2, 0.25) is 0 Å². The number of benzene rings is 3. The molecule has 0 atom stereocenters. The summed E-state index contributed by atoms with van der Waals surface area (Å²) in [5.74, 6) is 1.09. The summed E-state index contributed by atoms with van der Waals surface area (Å²) in [6.45, 7) is 1.38. The third-order valence-electron chi connectivity index (χ3n) is 4.42. The quantitative estimate of drug-likeness (QED) is 0.461. The molecule has 6 nitrogen and oxygen atoms in total. The third-order valence-corrected chi connectivity index (χ3v) is 4.42. The number of nitrogen functional groups attached to an aromatic ring is 1. The van der Waals surface area contributed by atoms with Crippen LogP contribution in [0.5, 0.6) is 0 Å². The van der Waals surface area contributed by atoms with Crippen LogP contribution in [0.1, 0.15) is 11.1 Å². The minimum absolute atomic E-state index is 0.478. The van der Waals surface area contributed by atoms with Crippen LogP contribution < -0.4 is 16.0 Å². The Labute approximate surface area is 170 Å². The maximum atomic E-state index is 5.86. The van der Waals surface area contributed by atoms with Crippen LogP contribution in [-0.2, 0) is 13.1 Å². The lowest BCUT2D eigenvalue weighted by Crippen LogP contribution is -2.24. The second kappa shape index (κ2) is 8.84. The molecule has 4 aromatic rings. The molecule has 1 aromatic heterocycles. The van der Waals surface area contributed by atoms with Crippen LogP contribution >= 0.6 is 0 Å². The van der Waals surface area contributed by atoms with Crippen molar-refractivity contribution in [2.24, 2.45) is 0 Å². The number of nitrogens with two attached hydrogens (primary N) is 1. The molecule has 0 saturated heterocycles. The van der Waals surface area contributed by atoms with Crippen LogP contribution in [0.25, 0.3) is 0 Å². The summed E-state index contributed by atoms with van der Waals surface area (Å²) < 4.78 is 0. The summed E-state index contributed by atoms with van der Waals surface area (Å²) in [6.07, 6.45) is 1.53. The van der Waals surface area contributed by atoms with Gasteiger partial charge in [-0.1, -0.05) is 66.7 Å². The van der Waals surface area contributed by atoms with E-state index in [1.54, 1.807) is 0 Å². The van der Waals surface area contributed by atoms with Crippen molar-refractivity contribution in [2.45, 2.75) is 13.1 Å². The Morgan fingerprint density at radius 1 is 0.759 bits per heavy atom. The van der Waals surface area contributed by atoms with Gasteiger partial charge in [-0.15, -0.1) is 0 Å². The first-order valence-electron chi connectivity index (χ1n) is 9.41. The minimum Gasteiger partial charge on any atom is -0.399 e. The standard InChI is InChI=1S/C23H22N6/c24-20-12-7-13-21(14-20)27-22-25-17-26-23(28-22)29(15-18-8-3-1-4-9-18)16-19-10-5-2-6-11-19/h1-14,17H,15-16,24H2,(H,25,26,27,28). The smallest absolute Gasteiger partial charge is 0.232 e. The molecule has 3 aromatic carbocycles. The predicted octanol–water partition coefficient (Wildman–Crippen LogP) is 4.40. The van der Waals surface area contributed by atoms with Crippen molar-refractivity contribution in [2.75, 3.05) is 16.0 Å². The molecule has 0 aliphatic heterocycles. The van der Waals surface area contributed by atoms with E-state index in [1.807, 2.05) is 60.7 Å². The molecule has 29 heavy (non-hydrogen) atoms. The Kier molecular flexibility index (Phi) is 5.62. The summed E-state index contributed by atoms with van der Waals surface area (Å²) in [6, 6.07) is 28.1. The number of nitrogens with one attached hydrogen (secondary N) is 1. The zero-order valence-electron chi connectivity index (χ0n) is 15.9. The van der Waals surface area contributed by atoms with E-state index in [2.05, 4.69) is 49.4 Å². The van der Waals surface area contributed by atoms with E-state index in [0.29, 0.717) is 30.7 Å². The van der Waals surface area contributed by atoms with Crippen LogP contribution in [0.3, 0.4) is 0 Å². The molecule has 0 fully saturated rings. The Morgan fingerprint density at radius 3 is 2.03 bits per heavy atom. The van der Waals surface area contributed by atoms with E-state index in [1.165, 1.54) is 17.5 Å². The molecule has 0 radical (unpaired) electrons. The number of nitrogens with zero attached hydrogens (tertiary/aromatic N) is 4. The van der Waals surface area contributed by atoms with Gasteiger partial charge in [0.25, 0.3) is 0 Å². The maximum Gasteiger partial charge on any atom is 0.232 e. The van der Waals surface area contributed by atoms with Gasteiger partial charge in [-0.05, 0) is 29.3 Å². The highest BCUT2D eigenvalue weighted by Crippen LogP contribution is 2.20. The first-order chi connectivity index (χ1) is 14.3. The molecule has 144 valence electrons. The second-order valence-corrected chi connectivity index (χ2v) is 6.69. The number of hydrogen-bond acceptors (Lipinski definition) is 6. The lowest BCUT2D eigenvalue weighted by Gasteiger charge is -2.23. The first-order valence-corrected chi connectivity index (χ1v) is 9.41. The van der Waals surface area contributed by atoms with Gasteiger partial charge in [-0.25, -0.2) is 9.97 Å². The first kappa shape index (κ1) is 18.4. The molecule has 6 heteroatoms. The monoisotopic (exact) mass is 382 g/mol. The van der Waals surface area contributed by atoms with Gasteiger partial charge in [0.1, 0.15) is 6.33 Å². The van der Waals surface area contributed by atoms with Crippen molar-refractivity contribution in [1.29, 1.82) is 0 Å². The van der Waals surface area contributed by atoms with Gasteiger partial charge in [0, 0.05) is 24.5 Å². The number of rotatable bonds is 7. The van der Waals surface area contributed by atoms with E-state index in [0.717, 1.165) is 5.69 Å². The van der Waals surface area contributed by atoms with Gasteiger partial charge in [0.05, 0.1) is 0 Å². The van der Waals surface area contributed by atoms with E-state index >= 15 is 0 Å². The van der Waals surface area contributed by atoms with Crippen molar-refractivity contribution in [3.05, 3.63) is 102 Å². The average molecular weight is 382 g/mol. The number of anilines is 4. The largest absolute Gasteiger partial charge is 0.399 e. The van der Waals surface area contributed by atoms with Gasteiger partial charge < -0.3 is 16.0 Å². The summed E-state index contributed by atoms with van der Waals surface area (Å²) in [5, 5.41) is 3.20. The molecule has 0 unspecified atom stereocenters. The Bertz CT molecular complexity index is 1010. The lowest BCUT2D eigenvalue weighted by molar-refractivity contribution is 0.758. The summed E-state index contributed by atoms with van der Waals surface area (Å²) in [7, 11) is 0. The fraction of sp³-hybridized carbons (Fsp3) is 0.0870. The van der Waals surface area contributed by atoms with Crippen LogP contribution in [0.4, 0.5) is 23.3 Å². The highest BCUT2D eigenvalue weighted by atomic mass is 15.3. The molecular weight excluding hydrogens is 360 g/mol. The Balaban J connectivity index is 1.61. The SMILES string of the molecule is Nc1cccc(Nc2ncnc(N(Cc3ccccc3)Cc3ccccc3)n2)c1. The molecule has 3 N–H and O–H groups in total. The Morgan fingerprint density at radius 2 is 1.41 bits per heavy atom. The molecule has 0 bridgehead atoms. The van der Waals surface area contributed by atoms with E-state index in [9.17, 15) is 0 Å². The van der Waals surface area contributed by atoms with Crippen molar-refractivity contribution in [3.8, 4) is 0 Å². The fourth-order valence-electron chi connectivity index (χ4n) is 3.05. The molecule has 4 rings (SSSR count). The zero-order valence-corrected chi connectivity index (χ0v) is 15.9. The van der Waals surface area contributed by atoms with Gasteiger partial charge in [-0.3, -0.25) is 0 Å². The van der Waals surface area contributed by atoms with Crippen molar-refractivity contribution < 1.29 is 0 Å². The van der Waals surface area contributed by atoms with E-state index in [4.69, 9.17) is 5.73 Å². The topological polar surface area (TPSA) is 80.0 Å². The maximum absolute atomic E-state index is 5.86. The molecule has 1 heterocycles. The summed E-state index contributed by atoms with van der Waals surface area (Å²) in [5.41, 5.74) is 9.75. The summed E-state index contributed by atoms with van der Waals surface area (Å²) in [4.78, 5) is 15.5. The predicted molar refractivity (Wildman–Crippen MR) is 117 cm³/mol. The average Bonchev–Trinajstić information content (AvgIpc) is 2.75. The van der Waals surface area contributed by atoms with Crippen molar-refractivity contribution >= 4 is 23.3 Å². The highest BCUT2D eigenvalue weighted by Gasteiger charge is 2.13. The highest BCUT2D eigenvalue weighted by molar-refractivity contribution is 5.59.